The SMILES string of the molecule is CCCC(SC[C@H](N)C(=O)O)(c1ccccc1)c1ccccc1. The minimum Gasteiger partial charge on any atom is -0.480 e. The van der Waals surface area contributed by atoms with Crippen molar-refractivity contribution in [2.75, 3.05) is 5.75 Å². The largest absolute Gasteiger partial charge is 0.480 e. The number of rotatable bonds is 8. The fraction of sp³-hybridized carbons (Fsp3) is 0.316. The molecule has 0 aliphatic heterocycles. The van der Waals surface area contributed by atoms with Gasteiger partial charge in [0.15, 0.2) is 0 Å². The van der Waals surface area contributed by atoms with E-state index in [0.29, 0.717) is 5.75 Å². The standard InChI is InChI=1S/C19H23NO2S/c1-2-13-19(15-9-5-3-6-10-15,16-11-7-4-8-12-16)23-14-17(20)18(21)22/h3-12,17H,2,13-14,20H2,1H3,(H,21,22)/t17-/m0/s1. The molecule has 0 spiro atoms. The first-order chi connectivity index (χ1) is 11.1. The molecule has 122 valence electrons. The summed E-state index contributed by atoms with van der Waals surface area (Å²) in [6.07, 6.45) is 1.93. The summed E-state index contributed by atoms with van der Waals surface area (Å²) in [4.78, 5) is 11.1. The molecule has 0 saturated carbocycles. The third-order valence-electron chi connectivity index (χ3n) is 3.91. The zero-order chi connectivity index (χ0) is 16.7. The number of hydrogen-bond acceptors (Lipinski definition) is 3. The maximum absolute atomic E-state index is 11.1. The molecular weight excluding hydrogens is 306 g/mol. The van der Waals surface area contributed by atoms with Crippen LogP contribution in [0.3, 0.4) is 0 Å². The van der Waals surface area contributed by atoms with E-state index in [0.717, 1.165) is 12.8 Å². The number of benzene rings is 2. The summed E-state index contributed by atoms with van der Waals surface area (Å²) in [6, 6.07) is 19.7. The smallest absolute Gasteiger partial charge is 0.321 e. The van der Waals surface area contributed by atoms with Gasteiger partial charge in [-0.15, -0.1) is 11.8 Å². The Labute approximate surface area is 141 Å². The first-order valence-corrected chi connectivity index (χ1v) is 8.82. The summed E-state index contributed by atoms with van der Waals surface area (Å²) in [6.45, 7) is 2.15. The van der Waals surface area contributed by atoms with E-state index in [9.17, 15) is 4.79 Å². The molecule has 1 atom stereocenters. The quantitative estimate of drug-likeness (QED) is 0.771. The van der Waals surface area contributed by atoms with Crippen molar-refractivity contribution in [1.82, 2.24) is 0 Å². The molecule has 4 heteroatoms. The average Bonchev–Trinajstić information content (AvgIpc) is 2.59. The predicted molar refractivity (Wildman–Crippen MR) is 96.6 cm³/mol. The van der Waals surface area contributed by atoms with Crippen molar-refractivity contribution in [2.24, 2.45) is 5.73 Å². The third kappa shape index (κ3) is 4.15. The molecular formula is C19H23NO2S. The second-order valence-electron chi connectivity index (χ2n) is 5.56. The normalized spacial score (nSPS) is 12.8. The number of hydrogen-bond donors (Lipinski definition) is 2. The number of thioether (sulfide) groups is 1. The summed E-state index contributed by atoms with van der Waals surface area (Å²) >= 11 is 1.63. The molecule has 2 rings (SSSR count). The summed E-state index contributed by atoms with van der Waals surface area (Å²) in [5.41, 5.74) is 8.14. The Morgan fingerprint density at radius 2 is 1.57 bits per heavy atom. The van der Waals surface area contributed by atoms with E-state index in [1.54, 1.807) is 11.8 Å². The molecule has 0 unspecified atom stereocenters. The fourth-order valence-electron chi connectivity index (χ4n) is 2.76. The topological polar surface area (TPSA) is 63.3 Å². The highest BCUT2D eigenvalue weighted by molar-refractivity contribution is 8.00. The van der Waals surface area contributed by atoms with Gasteiger partial charge in [0.05, 0.1) is 4.75 Å². The van der Waals surface area contributed by atoms with Gasteiger partial charge >= 0.3 is 5.97 Å². The maximum Gasteiger partial charge on any atom is 0.321 e. The van der Waals surface area contributed by atoms with Gasteiger partial charge in [-0.2, -0.15) is 0 Å². The van der Waals surface area contributed by atoms with E-state index in [-0.39, 0.29) is 4.75 Å². The molecule has 0 bridgehead atoms. The van der Waals surface area contributed by atoms with Crippen LogP contribution >= 0.6 is 11.8 Å². The van der Waals surface area contributed by atoms with Gasteiger partial charge in [0.2, 0.25) is 0 Å². The van der Waals surface area contributed by atoms with E-state index in [1.807, 2.05) is 36.4 Å². The van der Waals surface area contributed by atoms with Gasteiger partial charge in [-0.1, -0.05) is 74.0 Å². The van der Waals surface area contributed by atoms with E-state index < -0.39 is 12.0 Å². The van der Waals surface area contributed by atoms with Crippen molar-refractivity contribution in [3.8, 4) is 0 Å². The highest BCUT2D eigenvalue weighted by Gasteiger charge is 2.35. The molecule has 0 amide bonds. The van der Waals surface area contributed by atoms with Crippen LogP contribution in [0.25, 0.3) is 0 Å². The zero-order valence-corrected chi connectivity index (χ0v) is 14.1. The Morgan fingerprint density at radius 3 is 1.96 bits per heavy atom. The predicted octanol–water partition coefficient (Wildman–Crippen LogP) is 3.88. The third-order valence-corrected chi connectivity index (χ3v) is 5.60. The number of carbonyl (C=O) groups is 1. The van der Waals surface area contributed by atoms with Crippen LogP contribution in [0.1, 0.15) is 30.9 Å². The Morgan fingerprint density at radius 1 is 1.09 bits per heavy atom. The Kier molecular flexibility index (Phi) is 6.25. The second kappa shape index (κ2) is 8.18. The number of nitrogens with two attached hydrogens (primary N) is 1. The number of aliphatic carboxylic acids is 1. The van der Waals surface area contributed by atoms with Gasteiger partial charge in [-0.25, -0.2) is 0 Å². The van der Waals surface area contributed by atoms with Crippen LogP contribution in [0.2, 0.25) is 0 Å². The maximum atomic E-state index is 11.1. The van der Waals surface area contributed by atoms with Gasteiger partial charge in [0, 0.05) is 5.75 Å². The molecule has 0 radical (unpaired) electrons. The Hall–Kier alpha value is -1.78. The van der Waals surface area contributed by atoms with E-state index >= 15 is 0 Å². The summed E-state index contributed by atoms with van der Waals surface area (Å²) < 4.78 is -0.273. The van der Waals surface area contributed by atoms with Gasteiger partial charge in [-0.05, 0) is 17.5 Å². The second-order valence-corrected chi connectivity index (χ2v) is 6.88. The minimum atomic E-state index is -0.955. The molecule has 0 fully saturated rings. The number of carboxylic acids is 1. The molecule has 0 saturated heterocycles. The molecule has 3 N–H and O–H groups in total. The van der Waals surface area contributed by atoms with E-state index in [1.165, 1.54) is 11.1 Å². The van der Waals surface area contributed by atoms with Crippen LogP contribution in [0.5, 0.6) is 0 Å². The summed E-state index contributed by atoms with van der Waals surface area (Å²) in [5, 5.41) is 9.11. The van der Waals surface area contributed by atoms with Crippen molar-refractivity contribution in [1.29, 1.82) is 0 Å². The van der Waals surface area contributed by atoms with Crippen LogP contribution in [0, 0.1) is 0 Å². The molecule has 0 aliphatic carbocycles. The number of carboxylic acid groups (broad SMARTS) is 1. The van der Waals surface area contributed by atoms with Crippen molar-refractivity contribution >= 4 is 17.7 Å². The van der Waals surface area contributed by atoms with Crippen LogP contribution in [0.15, 0.2) is 60.7 Å². The molecule has 2 aromatic carbocycles. The van der Waals surface area contributed by atoms with Gasteiger partial charge in [0.25, 0.3) is 0 Å². The van der Waals surface area contributed by atoms with Crippen molar-refractivity contribution in [2.45, 2.75) is 30.6 Å². The van der Waals surface area contributed by atoms with Crippen LogP contribution < -0.4 is 5.73 Å². The van der Waals surface area contributed by atoms with Gasteiger partial charge < -0.3 is 10.8 Å². The molecule has 0 aromatic heterocycles. The van der Waals surface area contributed by atoms with Crippen molar-refractivity contribution in [3.63, 3.8) is 0 Å². The van der Waals surface area contributed by atoms with E-state index in [2.05, 4.69) is 31.2 Å². The molecule has 3 nitrogen and oxygen atoms in total. The van der Waals surface area contributed by atoms with Gasteiger partial charge in [0.1, 0.15) is 6.04 Å². The molecule has 0 aliphatic rings. The molecule has 0 heterocycles. The average molecular weight is 329 g/mol. The van der Waals surface area contributed by atoms with E-state index in [4.69, 9.17) is 10.8 Å². The van der Waals surface area contributed by atoms with Crippen LogP contribution in [-0.2, 0) is 9.54 Å². The van der Waals surface area contributed by atoms with Crippen molar-refractivity contribution in [3.05, 3.63) is 71.8 Å². The molecule has 23 heavy (non-hydrogen) atoms. The Balaban J connectivity index is 2.45. The lowest BCUT2D eigenvalue weighted by Gasteiger charge is -2.35. The molecule has 2 aromatic rings. The first kappa shape index (κ1) is 17.6. The lowest BCUT2D eigenvalue weighted by atomic mass is 9.86. The lowest BCUT2D eigenvalue weighted by molar-refractivity contribution is -0.137. The fourth-order valence-corrected chi connectivity index (χ4v) is 4.32. The minimum absolute atomic E-state index is 0.273. The highest BCUT2D eigenvalue weighted by Crippen LogP contribution is 2.46. The van der Waals surface area contributed by atoms with Crippen LogP contribution in [-0.4, -0.2) is 22.9 Å². The zero-order valence-electron chi connectivity index (χ0n) is 13.3. The highest BCUT2D eigenvalue weighted by atomic mass is 32.2. The van der Waals surface area contributed by atoms with Crippen molar-refractivity contribution < 1.29 is 9.90 Å². The summed E-state index contributed by atoms with van der Waals surface area (Å²) in [7, 11) is 0. The summed E-state index contributed by atoms with van der Waals surface area (Å²) in [5.74, 6) is -0.580. The van der Waals surface area contributed by atoms with Crippen LogP contribution in [0.4, 0.5) is 0 Å². The Bertz CT molecular complexity index is 576. The first-order valence-electron chi connectivity index (χ1n) is 7.83. The van der Waals surface area contributed by atoms with Gasteiger partial charge in [-0.3, -0.25) is 4.79 Å². The monoisotopic (exact) mass is 329 g/mol. The lowest BCUT2D eigenvalue weighted by Crippen LogP contribution is -2.35.